The summed E-state index contributed by atoms with van der Waals surface area (Å²) in [5.41, 5.74) is 1.52. The Bertz CT molecular complexity index is 1720. The average Bonchev–Trinajstić information content (AvgIpc) is 2.98. The minimum atomic E-state index is -3.73. The molecule has 0 heterocycles. The van der Waals surface area contributed by atoms with Crippen LogP contribution in [0.25, 0.3) is 10.8 Å². The molecule has 0 saturated carbocycles. The number of carbonyl (C=O) groups excluding carboxylic acids is 2. The summed E-state index contributed by atoms with van der Waals surface area (Å²) in [7, 11) is -3.73. The number of fused-ring (bicyclic) bond motifs is 1. The number of aliphatic hydroxyl groups is 1. The third kappa shape index (κ3) is 10.7. The molecule has 0 bridgehead atoms. The SMILES string of the molecule is CC(C)(C)NC(=O)c1ccccc1C[C@@H](O)[C@H](Cc1ccccc1)NC(=O)[C@@H](CSc1ccc2ccccc2c1)NS(C)(=O)=O. The molecule has 4 N–H and O–H groups in total. The van der Waals surface area contributed by atoms with Crippen molar-refractivity contribution in [3.05, 3.63) is 114 Å². The van der Waals surface area contributed by atoms with Gasteiger partial charge in [-0.15, -0.1) is 11.8 Å². The van der Waals surface area contributed by atoms with E-state index in [-0.39, 0.29) is 18.1 Å². The van der Waals surface area contributed by atoms with E-state index in [4.69, 9.17) is 0 Å². The average molecular weight is 648 g/mol. The van der Waals surface area contributed by atoms with Gasteiger partial charge in [-0.25, -0.2) is 13.1 Å². The van der Waals surface area contributed by atoms with Crippen molar-refractivity contribution in [2.75, 3.05) is 12.0 Å². The molecule has 0 saturated heterocycles. The molecule has 0 fully saturated rings. The second-order valence-electron chi connectivity index (χ2n) is 12.2. The van der Waals surface area contributed by atoms with Gasteiger partial charge in [0.2, 0.25) is 15.9 Å². The van der Waals surface area contributed by atoms with Gasteiger partial charge >= 0.3 is 0 Å². The van der Waals surface area contributed by atoms with Crippen molar-refractivity contribution in [1.29, 1.82) is 0 Å². The summed E-state index contributed by atoms with van der Waals surface area (Å²) in [5.74, 6) is -0.661. The number of carbonyl (C=O) groups is 2. The van der Waals surface area contributed by atoms with Crippen molar-refractivity contribution in [2.45, 2.75) is 62.2 Å². The fraction of sp³-hybridized carbons (Fsp3) is 0.314. The van der Waals surface area contributed by atoms with Crippen molar-refractivity contribution in [3.63, 3.8) is 0 Å². The molecule has 8 nitrogen and oxygen atoms in total. The molecular weight excluding hydrogens is 607 g/mol. The summed E-state index contributed by atoms with van der Waals surface area (Å²) in [4.78, 5) is 27.7. The largest absolute Gasteiger partial charge is 0.391 e. The Morgan fingerprint density at radius 3 is 2.18 bits per heavy atom. The number of rotatable bonds is 13. The van der Waals surface area contributed by atoms with Crippen LogP contribution in [0.15, 0.2) is 102 Å². The van der Waals surface area contributed by atoms with E-state index < -0.39 is 39.7 Å². The van der Waals surface area contributed by atoms with E-state index in [9.17, 15) is 23.1 Å². The Morgan fingerprint density at radius 1 is 0.844 bits per heavy atom. The summed E-state index contributed by atoms with van der Waals surface area (Å²) >= 11 is 1.37. The van der Waals surface area contributed by atoms with Crippen LogP contribution < -0.4 is 15.4 Å². The Morgan fingerprint density at radius 2 is 1.49 bits per heavy atom. The highest BCUT2D eigenvalue weighted by Gasteiger charge is 2.29. The van der Waals surface area contributed by atoms with Crippen molar-refractivity contribution in [1.82, 2.24) is 15.4 Å². The van der Waals surface area contributed by atoms with Gasteiger partial charge in [-0.3, -0.25) is 9.59 Å². The summed E-state index contributed by atoms with van der Waals surface area (Å²) in [5, 5.41) is 19.6. The van der Waals surface area contributed by atoms with Crippen molar-refractivity contribution >= 4 is 44.4 Å². The number of hydrogen-bond donors (Lipinski definition) is 4. The second kappa shape index (κ2) is 15.1. The Balaban J connectivity index is 1.55. The molecule has 2 amide bonds. The number of hydrogen-bond acceptors (Lipinski definition) is 6. The Kier molecular flexibility index (Phi) is 11.4. The van der Waals surface area contributed by atoms with Crippen molar-refractivity contribution < 1.29 is 23.1 Å². The quantitative estimate of drug-likeness (QED) is 0.156. The number of aliphatic hydroxyl groups excluding tert-OH is 1. The van der Waals surface area contributed by atoms with E-state index in [1.54, 1.807) is 24.3 Å². The fourth-order valence-electron chi connectivity index (χ4n) is 4.99. The van der Waals surface area contributed by atoms with E-state index in [1.165, 1.54) is 11.8 Å². The topological polar surface area (TPSA) is 125 Å². The number of nitrogens with one attached hydrogen (secondary N) is 3. The summed E-state index contributed by atoms with van der Waals surface area (Å²) in [6.07, 6.45) is 0.337. The first kappa shape index (κ1) is 34.2. The lowest BCUT2D eigenvalue weighted by atomic mass is 9.93. The molecule has 0 unspecified atom stereocenters. The first-order valence-corrected chi connectivity index (χ1v) is 17.7. The minimum Gasteiger partial charge on any atom is -0.391 e. The maximum absolute atomic E-state index is 13.7. The lowest BCUT2D eigenvalue weighted by Crippen LogP contribution is -2.54. The molecular formula is C35H41N3O5S2. The van der Waals surface area contributed by atoms with Gasteiger partial charge in [0.05, 0.1) is 18.4 Å². The van der Waals surface area contributed by atoms with Crippen LogP contribution in [0.4, 0.5) is 0 Å². The summed E-state index contributed by atoms with van der Waals surface area (Å²) in [6.45, 7) is 5.69. The van der Waals surface area contributed by atoms with E-state index in [1.807, 2.05) is 93.6 Å². The first-order valence-electron chi connectivity index (χ1n) is 14.8. The normalized spacial score (nSPS) is 14.0. The highest BCUT2D eigenvalue weighted by molar-refractivity contribution is 7.99. The van der Waals surface area contributed by atoms with Gasteiger partial charge in [0.25, 0.3) is 5.91 Å². The molecule has 10 heteroatoms. The van der Waals surface area contributed by atoms with E-state index in [2.05, 4.69) is 15.4 Å². The number of amides is 2. The fourth-order valence-corrected chi connectivity index (χ4v) is 6.77. The highest BCUT2D eigenvalue weighted by Crippen LogP contribution is 2.25. The molecule has 0 aliphatic carbocycles. The summed E-state index contributed by atoms with van der Waals surface area (Å²) in [6, 6.07) is 28.5. The molecule has 4 aromatic rings. The smallest absolute Gasteiger partial charge is 0.251 e. The molecule has 4 rings (SSSR count). The van der Waals surface area contributed by atoms with Crippen LogP contribution in [-0.4, -0.2) is 61.1 Å². The predicted octanol–water partition coefficient (Wildman–Crippen LogP) is 4.71. The number of thioether (sulfide) groups is 1. The molecule has 238 valence electrons. The molecule has 3 atom stereocenters. The Labute approximate surface area is 270 Å². The van der Waals surface area contributed by atoms with Gasteiger partial charge in [0.1, 0.15) is 6.04 Å². The molecule has 4 aromatic carbocycles. The standard InChI is InChI=1S/C35H41N3O5S2/c1-35(2,3)37-33(40)29-17-11-10-16-27(29)22-32(39)30(20-24-12-6-5-7-13-24)36-34(41)31(38-45(4,42)43)23-44-28-19-18-25-14-8-9-15-26(25)21-28/h5-19,21,30-32,38-39H,20,22-23H2,1-4H3,(H,36,41)(H,37,40)/t30-,31+,32+/m0/s1. The van der Waals surface area contributed by atoms with Gasteiger partial charge in [0.15, 0.2) is 0 Å². The van der Waals surface area contributed by atoms with Gasteiger partial charge in [0, 0.05) is 28.2 Å². The molecule has 45 heavy (non-hydrogen) atoms. The molecule has 0 radical (unpaired) electrons. The molecule has 0 aromatic heterocycles. The predicted molar refractivity (Wildman–Crippen MR) is 182 cm³/mol. The lowest BCUT2D eigenvalue weighted by molar-refractivity contribution is -0.123. The van der Waals surface area contributed by atoms with Crippen LogP contribution in [0.2, 0.25) is 0 Å². The molecule has 0 spiro atoms. The minimum absolute atomic E-state index is 0.0987. The van der Waals surface area contributed by atoms with Crippen LogP contribution in [0.3, 0.4) is 0 Å². The second-order valence-corrected chi connectivity index (χ2v) is 15.1. The third-order valence-corrected chi connectivity index (χ3v) is 8.88. The third-order valence-electron chi connectivity index (χ3n) is 7.08. The van der Waals surface area contributed by atoms with E-state index in [0.717, 1.165) is 27.5 Å². The summed E-state index contributed by atoms with van der Waals surface area (Å²) < 4.78 is 27.1. The van der Waals surface area contributed by atoms with Gasteiger partial charge in [-0.1, -0.05) is 78.9 Å². The van der Waals surface area contributed by atoms with Crippen molar-refractivity contribution in [3.8, 4) is 0 Å². The monoisotopic (exact) mass is 647 g/mol. The van der Waals surface area contributed by atoms with E-state index in [0.29, 0.717) is 17.5 Å². The van der Waals surface area contributed by atoms with Gasteiger partial charge < -0.3 is 15.7 Å². The van der Waals surface area contributed by atoms with E-state index >= 15 is 0 Å². The molecule has 0 aliphatic heterocycles. The Hall–Kier alpha value is -3.70. The van der Waals surface area contributed by atoms with Crippen LogP contribution in [0, 0.1) is 0 Å². The maximum Gasteiger partial charge on any atom is 0.251 e. The van der Waals surface area contributed by atoms with Crippen molar-refractivity contribution in [2.24, 2.45) is 0 Å². The zero-order valence-electron chi connectivity index (χ0n) is 26.0. The zero-order valence-corrected chi connectivity index (χ0v) is 27.6. The number of sulfonamides is 1. The lowest BCUT2D eigenvalue weighted by Gasteiger charge is -2.28. The van der Waals surface area contributed by atoms with Gasteiger partial charge in [-0.2, -0.15) is 0 Å². The van der Waals surface area contributed by atoms with Crippen LogP contribution >= 0.6 is 11.8 Å². The van der Waals surface area contributed by atoms with Crippen LogP contribution in [0.5, 0.6) is 0 Å². The van der Waals surface area contributed by atoms with Crippen LogP contribution in [0.1, 0.15) is 42.3 Å². The first-order chi connectivity index (χ1) is 21.3. The van der Waals surface area contributed by atoms with Crippen LogP contribution in [-0.2, 0) is 27.7 Å². The zero-order chi connectivity index (χ0) is 32.6. The number of benzene rings is 4. The highest BCUT2D eigenvalue weighted by atomic mass is 32.2. The maximum atomic E-state index is 13.7. The van der Waals surface area contributed by atoms with Gasteiger partial charge in [-0.05, 0) is 67.3 Å². The molecule has 0 aliphatic rings.